The molecule has 0 aliphatic heterocycles. The summed E-state index contributed by atoms with van der Waals surface area (Å²) in [5.41, 5.74) is 22.2. The van der Waals surface area contributed by atoms with E-state index in [2.05, 4.69) is 51.8 Å². The highest BCUT2D eigenvalue weighted by molar-refractivity contribution is 5.98. The van der Waals surface area contributed by atoms with Crippen LogP contribution in [0.2, 0.25) is 0 Å². The molecule has 15 N–H and O–H groups in total. The number of unbranched alkanes of at least 4 members (excludes halogenated alkanes) is 1. The summed E-state index contributed by atoms with van der Waals surface area (Å²) in [6.07, 6.45) is 6.04. The highest BCUT2D eigenvalue weighted by atomic mass is 16.2. The van der Waals surface area contributed by atoms with Crippen molar-refractivity contribution in [3.63, 3.8) is 0 Å². The molecule has 7 unspecified atom stereocenters. The fraction of sp³-hybridized carbons (Fsp3) is 0.360. The Morgan fingerprint density at radius 3 is 1.80 bits per heavy atom. The van der Waals surface area contributed by atoms with Crippen molar-refractivity contribution in [2.45, 2.75) is 108 Å². The van der Waals surface area contributed by atoms with Gasteiger partial charge in [0, 0.05) is 71.3 Å². The summed E-state index contributed by atoms with van der Waals surface area (Å²) in [6, 6.07) is 15.7. The molecule has 0 fully saturated rings. The molecule has 0 aliphatic rings. The number of carbonyl (C=O) groups excluding carboxylic acids is 7. The number of carbonyl (C=O) groups is 7. The van der Waals surface area contributed by atoms with Crippen LogP contribution >= 0.6 is 0 Å². The zero-order valence-corrected chi connectivity index (χ0v) is 39.5. The third-order valence-electron chi connectivity index (χ3n) is 12.1. The van der Waals surface area contributed by atoms with Gasteiger partial charge in [0.25, 0.3) is 0 Å². The van der Waals surface area contributed by atoms with E-state index >= 15 is 0 Å². The predicted molar refractivity (Wildman–Crippen MR) is 264 cm³/mol. The molecule has 7 amide bonds. The zero-order chi connectivity index (χ0) is 50.3. The van der Waals surface area contributed by atoms with E-state index in [0.717, 1.165) is 33.1 Å². The minimum atomic E-state index is -1.30. The summed E-state index contributed by atoms with van der Waals surface area (Å²) in [5.74, 6) is -4.88. The number of nitrogens with zero attached hydrogens (tertiary/aromatic N) is 1. The molecule has 3 heterocycles. The summed E-state index contributed by atoms with van der Waals surface area (Å²) in [7, 11) is 0. The maximum Gasteiger partial charge on any atom is 0.243 e. The normalized spacial score (nSPS) is 14.3. The molecule has 0 saturated carbocycles. The van der Waals surface area contributed by atoms with Gasteiger partial charge in [0.15, 0.2) is 0 Å². The Bertz CT molecular complexity index is 2750. The minimum absolute atomic E-state index is 0.00216. The average molecular weight is 958 g/mol. The molecule has 7 atom stereocenters. The number of hydrogen-bond donors (Lipinski definition) is 12. The van der Waals surface area contributed by atoms with Gasteiger partial charge in [-0.2, -0.15) is 0 Å². The van der Waals surface area contributed by atoms with Crippen molar-refractivity contribution in [1.82, 2.24) is 51.8 Å². The number of hydrogen-bond acceptors (Lipinski definition) is 10. The number of aryl methyl sites for hydroxylation is 1. The minimum Gasteiger partial charge on any atom is -0.368 e. The van der Waals surface area contributed by atoms with Gasteiger partial charge in [-0.15, -0.1) is 0 Å². The number of imidazole rings is 1. The SMILES string of the molecule is Cc1[nH]c2ccccc2c1CC(NC(=O)C(Cc1cnc[nH]1)NC(=O)C(C)N)C(=O)NC(C)C(=O)NC(Cc1c[nH]c2ccccc12)C(=O)NC(Cc1ccccc1)C(=O)NC(CCCCN)C(N)=O. The van der Waals surface area contributed by atoms with Crippen molar-refractivity contribution < 1.29 is 33.6 Å². The number of nitrogens with one attached hydrogen (secondary N) is 9. The van der Waals surface area contributed by atoms with Crippen LogP contribution in [0.25, 0.3) is 21.8 Å². The van der Waals surface area contributed by atoms with Gasteiger partial charge in [0.05, 0.1) is 12.4 Å². The van der Waals surface area contributed by atoms with E-state index in [-0.39, 0.29) is 32.1 Å². The van der Waals surface area contributed by atoms with Gasteiger partial charge in [0.1, 0.15) is 36.3 Å². The molecule has 0 spiro atoms. The molecule has 6 rings (SSSR count). The van der Waals surface area contributed by atoms with Crippen LogP contribution in [-0.4, -0.2) is 110 Å². The van der Waals surface area contributed by atoms with Crippen LogP contribution in [0.5, 0.6) is 0 Å². The summed E-state index contributed by atoms with van der Waals surface area (Å²) in [4.78, 5) is 110. The number of rotatable bonds is 25. The Morgan fingerprint density at radius 2 is 1.16 bits per heavy atom. The summed E-state index contributed by atoms with van der Waals surface area (Å²) >= 11 is 0. The van der Waals surface area contributed by atoms with Crippen LogP contribution in [0, 0.1) is 6.92 Å². The Kier molecular flexibility index (Phi) is 18.0. The van der Waals surface area contributed by atoms with E-state index in [9.17, 15) is 33.6 Å². The first kappa shape index (κ1) is 51.5. The maximum atomic E-state index is 14.6. The van der Waals surface area contributed by atoms with Crippen molar-refractivity contribution in [1.29, 1.82) is 0 Å². The number of primary amides is 1. The number of amides is 7. The maximum absolute atomic E-state index is 14.6. The number of H-pyrrole nitrogens is 3. The van der Waals surface area contributed by atoms with E-state index in [1.54, 1.807) is 30.5 Å². The van der Waals surface area contributed by atoms with Crippen LogP contribution < -0.4 is 49.1 Å². The number of aromatic amines is 3. The Balaban J connectivity index is 1.26. The molecule has 3 aromatic heterocycles. The molecule has 0 aliphatic carbocycles. The summed E-state index contributed by atoms with van der Waals surface area (Å²) in [6.45, 7) is 5.15. The largest absolute Gasteiger partial charge is 0.368 e. The summed E-state index contributed by atoms with van der Waals surface area (Å²) in [5, 5.41) is 18.2. The lowest BCUT2D eigenvalue weighted by Gasteiger charge is -2.27. The highest BCUT2D eigenvalue weighted by Crippen LogP contribution is 2.24. The fourth-order valence-corrected chi connectivity index (χ4v) is 8.20. The van der Waals surface area contributed by atoms with E-state index in [4.69, 9.17) is 17.2 Å². The molecular weight excluding hydrogens is 895 g/mol. The van der Waals surface area contributed by atoms with E-state index in [1.165, 1.54) is 26.4 Å². The van der Waals surface area contributed by atoms with E-state index < -0.39 is 83.6 Å². The molecule has 20 nitrogen and oxygen atoms in total. The smallest absolute Gasteiger partial charge is 0.243 e. The van der Waals surface area contributed by atoms with E-state index in [1.807, 2.05) is 61.5 Å². The molecule has 0 saturated heterocycles. The highest BCUT2D eigenvalue weighted by Gasteiger charge is 2.34. The molecule has 0 radical (unpaired) electrons. The Morgan fingerprint density at radius 1 is 0.600 bits per heavy atom. The summed E-state index contributed by atoms with van der Waals surface area (Å²) < 4.78 is 0. The topological polar surface area (TPSA) is 330 Å². The second-order valence-electron chi connectivity index (χ2n) is 17.5. The van der Waals surface area contributed by atoms with Gasteiger partial charge in [-0.25, -0.2) is 4.98 Å². The van der Waals surface area contributed by atoms with Gasteiger partial charge in [-0.05, 0) is 75.4 Å². The number of aromatic nitrogens is 4. The first-order valence-corrected chi connectivity index (χ1v) is 23.3. The Labute approximate surface area is 404 Å². The standard InChI is InChI=1S/C50H63N13O7/c1-28(52)45(65)60-42(23-33-26-54-27-56-33)50(70)63-43(24-36-29(2)57-38-18-10-8-16-35(36)38)47(67)58-30(3)46(66)61-41(22-32-25-55-37-17-9-7-15-34(32)37)49(69)62-40(21-31-13-5-4-6-14-31)48(68)59-39(44(53)64)19-11-12-20-51/h4-10,13-18,25-28,30,39-43,55,57H,11-12,19-24,51-52H2,1-3H3,(H2,53,64)(H,54,56)(H,58,67)(H,59,68)(H,60,65)(H,61,66)(H,62,69)(H,63,70). The van der Waals surface area contributed by atoms with Gasteiger partial charge >= 0.3 is 0 Å². The number of benzene rings is 3. The van der Waals surface area contributed by atoms with Gasteiger partial charge in [-0.1, -0.05) is 66.7 Å². The van der Waals surface area contributed by atoms with Crippen LogP contribution in [0.3, 0.4) is 0 Å². The second-order valence-corrected chi connectivity index (χ2v) is 17.5. The predicted octanol–water partition coefficient (Wildman–Crippen LogP) is 0.842. The number of para-hydroxylation sites is 2. The lowest BCUT2D eigenvalue weighted by molar-refractivity contribution is -0.135. The fourth-order valence-electron chi connectivity index (χ4n) is 8.20. The molecule has 20 heteroatoms. The first-order chi connectivity index (χ1) is 33.6. The third kappa shape index (κ3) is 13.9. The van der Waals surface area contributed by atoms with Crippen molar-refractivity contribution in [2.24, 2.45) is 17.2 Å². The second kappa shape index (κ2) is 24.4. The molecule has 3 aromatic carbocycles. The molecule has 0 bridgehead atoms. The van der Waals surface area contributed by atoms with Crippen LogP contribution in [0.15, 0.2) is 97.6 Å². The average Bonchev–Trinajstić information content (AvgIpc) is 4.09. The third-order valence-corrected chi connectivity index (χ3v) is 12.1. The van der Waals surface area contributed by atoms with Crippen molar-refractivity contribution in [3.8, 4) is 0 Å². The molecular formula is C50H63N13O7. The zero-order valence-electron chi connectivity index (χ0n) is 39.5. The lowest BCUT2D eigenvalue weighted by Crippen LogP contribution is -2.60. The van der Waals surface area contributed by atoms with Crippen LogP contribution in [0.1, 0.15) is 61.2 Å². The Hall–Kier alpha value is -7.84. The van der Waals surface area contributed by atoms with Gasteiger partial charge < -0.3 is 64.1 Å². The lowest BCUT2D eigenvalue weighted by atomic mass is 10.0. The molecule has 6 aromatic rings. The monoisotopic (exact) mass is 957 g/mol. The van der Waals surface area contributed by atoms with Crippen LogP contribution in [0.4, 0.5) is 0 Å². The van der Waals surface area contributed by atoms with Gasteiger partial charge in [0.2, 0.25) is 41.4 Å². The number of fused-ring (bicyclic) bond motifs is 2. The van der Waals surface area contributed by atoms with Gasteiger partial charge in [-0.3, -0.25) is 33.6 Å². The quantitative estimate of drug-likeness (QED) is 0.0359. The van der Waals surface area contributed by atoms with Crippen molar-refractivity contribution in [2.75, 3.05) is 6.54 Å². The van der Waals surface area contributed by atoms with E-state index in [0.29, 0.717) is 36.2 Å². The van der Waals surface area contributed by atoms with Crippen molar-refractivity contribution >= 4 is 63.2 Å². The van der Waals surface area contributed by atoms with Crippen molar-refractivity contribution in [3.05, 3.63) is 126 Å². The van der Waals surface area contributed by atoms with Crippen LogP contribution in [-0.2, 0) is 59.2 Å². The first-order valence-electron chi connectivity index (χ1n) is 23.3. The molecule has 370 valence electrons. The number of nitrogens with two attached hydrogens (primary N) is 3. The molecule has 70 heavy (non-hydrogen) atoms.